The van der Waals surface area contributed by atoms with E-state index in [-0.39, 0.29) is 6.09 Å². The molecule has 0 spiro atoms. The van der Waals surface area contributed by atoms with Crippen LogP contribution in [0.4, 0.5) is 4.79 Å². The number of carbonyl (C=O) groups is 1. The van der Waals surface area contributed by atoms with Crippen molar-refractivity contribution in [2.24, 2.45) is 5.73 Å². The summed E-state index contributed by atoms with van der Waals surface area (Å²) in [5.74, 6) is 0. The minimum absolute atomic E-state index is 0.248. The topological polar surface area (TPSA) is 74.1 Å². The number of carbonyl (C=O) groups excluding carboxylic acids is 1. The summed E-state index contributed by atoms with van der Waals surface area (Å²) in [5, 5.41) is 3.52. The second-order valence-corrected chi connectivity index (χ2v) is 9.90. The SMILES string of the molecule is CC1(C)OC(=O)N1CCNCC1(N)CN(Cc2ccccc2)CCN(Cc2ccccc2)C1. The maximum absolute atomic E-state index is 11.7. The molecule has 0 aromatic heterocycles. The van der Waals surface area contributed by atoms with Crippen molar-refractivity contribution in [2.45, 2.75) is 38.2 Å². The third-order valence-electron chi connectivity index (χ3n) is 6.50. The predicted octanol–water partition coefficient (Wildman–Crippen LogP) is 2.48. The quantitative estimate of drug-likeness (QED) is 0.571. The van der Waals surface area contributed by atoms with Gasteiger partial charge in [-0.15, -0.1) is 0 Å². The number of amides is 1. The largest absolute Gasteiger partial charge is 0.423 e. The molecule has 0 bridgehead atoms. The Morgan fingerprint density at radius 2 is 1.42 bits per heavy atom. The van der Waals surface area contributed by atoms with Crippen LogP contribution in [-0.4, -0.2) is 77.9 Å². The van der Waals surface area contributed by atoms with Crippen molar-refractivity contribution >= 4 is 6.09 Å². The molecule has 0 unspecified atom stereocenters. The highest BCUT2D eigenvalue weighted by molar-refractivity contribution is 5.74. The van der Waals surface area contributed by atoms with E-state index in [1.165, 1.54) is 11.1 Å². The highest BCUT2D eigenvalue weighted by atomic mass is 16.6. The molecule has 0 saturated carbocycles. The van der Waals surface area contributed by atoms with Gasteiger partial charge in [0.2, 0.25) is 0 Å². The van der Waals surface area contributed by atoms with Gasteiger partial charge >= 0.3 is 6.09 Å². The first-order chi connectivity index (χ1) is 15.8. The molecule has 2 aliphatic heterocycles. The summed E-state index contributed by atoms with van der Waals surface area (Å²) in [5.41, 5.74) is 8.75. The molecular weight excluding hydrogens is 414 g/mol. The van der Waals surface area contributed by atoms with E-state index in [2.05, 4.69) is 75.8 Å². The maximum atomic E-state index is 11.7. The molecule has 33 heavy (non-hydrogen) atoms. The molecule has 4 rings (SSSR count). The number of hydrogen-bond donors (Lipinski definition) is 2. The molecule has 2 fully saturated rings. The molecule has 2 aliphatic rings. The van der Waals surface area contributed by atoms with Gasteiger partial charge < -0.3 is 15.8 Å². The van der Waals surface area contributed by atoms with Crippen LogP contribution >= 0.6 is 0 Å². The molecule has 0 atom stereocenters. The van der Waals surface area contributed by atoms with Gasteiger partial charge in [-0.05, 0) is 25.0 Å². The Labute approximate surface area is 197 Å². The van der Waals surface area contributed by atoms with Gasteiger partial charge in [0.05, 0.1) is 5.54 Å². The van der Waals surface area contributed by atoms with Gasteiger partial charge in [0.25, 0.3) is 0 Å². The van der Waals surface area contributed by atoms with Crippen molar-refractivity contribution in [3.63, 3.8) is 0 Å². The van der Waals surface area contributed by atoms with Crippen LogP contribution < -0.4 is 11.1 Å². The molecule has 2 aromatic carbocycles. The molecule has 1 amide bonds. The summed E-state index contributed by atoms with van der Waals surface area (Å²) in [7, 11) is 0. The first-order valence-corrected chi connectivity index (χ1v) is 11.9. The molecule has 2 saturated heterocycles. The lowest BCUT2D eigenvalue weighted by Crippen LogP contribution is -2.64. The number of cyclic esters (lactones) is 1. The van der Waals surface area contributed by atoms with Crippen LogP contribution in [0.3, 0.4) is 0 Å². The van der Waals surface area contributed by atoms with Gasteiger partial charge in [0.1, 0.15) is 0 Å². The second-order valence-electron chi connectivity index (χ2n) is 9.90. The normalized spacial score (nSPS) is 20.7. The Balaban J connectivity index is 1.39. The Hall–Kier alpha value is -2.45. The first kappa shape index (κ1) is 23.7. The fourth-order valence-corrected chi connectivity index (χ4v) is 4.84. The lowest BCUT2D eigenvalue weighted by atomic mass is 9.99. The summed E-state index contributed by atoms with van der Waals surface area (Å²) >= 11 is 0. The van der Waals surface area contributed by atoms with E-state index >= 15 is 0 Å². The maximum Gasteiger partial charge on any atom is 0.415 e. The molecule has 3 N–H and O–H groups in total. The zero-order valence-electron chi connectivity index (χ0n) is 19.9. The monoisotopic (exact) mass is 451 g/mol. The molecule has 0 aliphatic carbocycles. The third kappa shape index (κ3) is 6.32. The van der Waals surface area contributed by atoms with Crippen LogP contribution in [-0.2, 0) is 17.8 Å². The third-order valence-corrected chi connectivity index (χ3v) is 6.50. The lowest BCUT2D eigenvalue weighted by Gasteiger charge is -2.46. The smallest absolute Gasteiger partial charge is 0.415 e. The summed E-state index contributed by atoms with van der Waals surface area (Å²) in [6.45, 7) is 11.2. The standard InChI is InChI=1S/C26H37N5O2/c1-25(2)31(24(32)33-25)14-13-28-19-26(27)20-29(17-22-9-5-3-6-10-22)15-16-30(21-26)18-23-11-7-4-8-12-23/h3-12,28H,13-21,27H2,1-2H3. The van der Waals surface area contributed by atoms with Crippen LogP contribution in [0.15, 0.2) is 60.7 Å². The van der Waals surface area contributed by atoms with Crippen LogP contribution in [0, 0.1) is 0 Å². The average Bonchev–Trinajstić information content (AvgIpc) is 2.93. The van der Waals surface area contributed by atoms with Crippen LogP contribution in [0.1, 0.15) is 25.0 Å². The van der Waals surface area contributed by atoms with Crippen LogP contribution in [0.25, 0.3) is 0 Å². The molecule has 7 heteroatoms. The fourth-order valence-electron chi connectivity index (χ4n) is 4.84. The fraction of sp³-hybridized carbons (Fsp3) is 0.500. The Bertz CT molecular complexity index is 854. The van der Waals surface area contributed by atoms with E-state index in [4.69, 9.17) is 10.5 Å². The minimum Gasteiger partial charge on any atom is -0.423 e. The molecule has 7 nitrogen and oxygen atoms in total. The number of nitrogens with one attached hydrogen (secondary N) is 1. The Morgan fingerprint density at radius 3 is 1.88 bits per heavy atom. The Morgan fingerprint density at radius 1 is 0.909 bits per heavy atom. The number of nitrogens with zero attached hydrogens (tertiary/aromatic N) is 3. The van der Waals surface area contributed by atoms with Crippen LogP contribution in [0.2, 0.25) is 0 Å². The first-order valence-electron chi connectivity index (χ1n) is 11.9. The molecule has 178 valence electrons. The summed E-state index contributed by atoms with van der Waals surface area (Å²) < 4.78 is 5.18. The molecular formula is C26H37N5O2. The van der Waals surface area contributed by atoms with Crippen LogP contribution in [0.5, 0.6) is 0 Å². The number of rotatable bonds is 9. The zero-order chi connectivity index (χ0) is 23.3. The molecule has 2 heterocycles. The highest BCUT2D eigenvalue weighted by Crippen LogP contribution is 2.27. The average molecular weight is 452 g/mol. The molecule has 2 aromatic rings. The van der Waals surface area contributed by atoms with Crippen molar-refractivity contribution < 1.29 is 9.53 Å². The summed E-state index contributed by atoms with van der Waals surface area (Å²) in [6, 6.07) is 21.2. The van der Waals surface area contributed by atoms with E-state index < -0.39 is 11.3 Å². The lowest BCUT2D eigenvalue weighted by molar-refractivity contribution is -0.161. The van der Waals surface area contributed by atoms with E-state index in [0.29, 0.717) is 19.6 Å². The van der Waals surface area contributed by atoms with Gasteiger partial charge in [-0.2, -0.15) is 0 Å². The van der Waals surface area contributed by atoms with Gasteiger partial charge in [-0.25, -0.2) is 4.79 Å². The number of ether oxygens (including phenoxy) is 1. The van der Waals surface area contributed by atoms with E-state index in [1.54, 1.807) is 4.90 Å². The summed E-state index contributed by atoms with van der Waals surface area (Å²) in [6.07, 6.45) is -0.248. The van der Waals surface area contributed by atoms with Crippen molar-refractivity contribution in [1.29, 1.82) is 0 Å². The predicted molar refractivity (Wildman–Crippen MR) is 130 cm³/mol. The van der Waals surface area contributed by atoms with E-state index in [9.17, 15) is 4.79 Å². The Kier molecular flexibility index (Phi) is 7.34. The number of nitrogens with two attached hydrogens (primary N) is 1. The zero-order valence-corrected chi connectivity index (χ0v) is 19.9. The number of benzene rings is 2. The van der Waals surface area contributed by atoms with Crippen molar-refractivity contribution in [1.82, 2.24) is 20.0 Å². The second kappa shape index (κ2) is 10.2. The van der Waals surface area contributed by atoms with E-state index in [0.717, 1.165) is 39.3 Å². The van der Waals surface area contributed by atoms with Gasteiger partial charge in [0.15, 0.2) is 5.72 Å². The summed E-state index contributed by atoms with van der Waals surface area (Å²) in [4.78, 5) is 18.4. The van der Waals surface area contributed by atoms with Gasteiger partial charge in [-0.1, -0.05) is 60.7 Å². The van der Waals surface area contributed by atoms with Crippen molar-refractivity contribution in [3.8, 4) is 0 Å². The van der Waals surface area contributed by atoms with Crippen molar-refractivity contribution in [3.05, 3.63) is 71.8 Å². The highest BCUT2D eigenvalue weighted by Gasteiger charge is 2.45. The number of hydrogen-bond acceptors (Lipinski definition) is 6. The van der Waals surface area contributed by atoms with E-state index in [1.807, 2.05) is 13.8 Å². The van der Waals surface area contributed by atoms with Gasteiger partial charge in [0, 0.05) is 58.9 Å². The van der Waals surface area contributed by atoms with Crippen molar-refractivity contribution in [2.75, 3.05) is 45.8 Å². The minimum atomic E-state index is -0.513. The van der Waals surface area contributed by atoms with Gasteiger partial charge in [-0.3, -0.25) is 14.7 Å². The molecule has 0 radical (unpaired) electrons.